The van der Waals surface area contributed by atoms with E-state index in [0.717, 1.165) is 18.2 Å². The molecule has 0 saturated heterocycles. The lowest BCUT2D eigenvalue weighted by molar-refractivity contribution is -0.385. The largest absolute Gasteiger partial charge is 0.488 e. The summed E-state index contributed by atoms with van der Waals surface area (Å²) in [6.07, 6.45) is 0. The van der Waals surface area contributed by atoms with Crippen molar-refractivity contribution >= 4 is 11.7 Å². The molecule has 8 heteroatoms. The number of carbonyl (C=O) groups is 1. The van der Waals surface area contributed by atoms with Crippen molar-refractivity contribution in [2.24, 2.45) is 0 Å². The second kappa shape index (κ2) is 6.80. The Morgan fingerprint density at radius 1 is 1.55 bits per heavy atom. The number of non-ortho nitro benzene ring substituents is 1. The lowest BCUT2D eigenvalue weighted by Crippen LogP contribution is -2.44. The fraction of sp³-hybridized carbons (Fsp3) is 0.417. The number of hydrogen-bond donors (Lipinski definition) is 2. The van der Waals surface area contributed by atoms with Crippen LogP contribution in [-0.2, 0) is 4.79 Å². The monoisotopic (exact) mass is 286 g/mol. The van der Waals surface area contributed by atoms with Gasteiger partial charge in [0.15, 0.2) is 11.6 Å². The molecule has 0 bridgehead atoms. The van der Waals surface area contributed by atoms with Gasteiger partial charge >= 0.3 is 5.97 Å². The van der Waals surface area contributed by atoms with Crippen LogP contribution in [-0.4, -0.2) is 34.7 Å². The number of ether oxygens (including phenoxy) is 1. The van der Waals surface area contributed by atoms with E-state index in [-0.39, 0.29) is 18.4 Å². The van der Waals surface area contributed by atoms with Crippen LogP contribution in [0.3, 0.4) is 0 Å². The Labute approximate surface area is 114 Å². The van der Waals surface area contributed by atoms with E-state index >= 15 is 0 Å². The minimum Gasteiger partial charge on any atom is -0.488 e. The van der Waals surface area contributed by atoms with Crippen LogP contribution in [0.1, 0.15) is 13.8 Å². The molecule has 1 atom stereocenters. The second-order valence-electron chi connectivity index (χ2n) is 4.40. The molecule has 0 aromatic heterocycles. The van der Waals surface area contributed by atoms with E-state index in [2.05, 4.69) is 5.32 Å². The molecule has 0 radical (unpaired) electrons. The Hall–Kier alpha value is -2.22. The molecule has 1 unspecified atom stereocenters. The predicted octanol–water partition coefficient (Wildman–Crippen LogP) is 1.56. The van der Waals surface area contributed by atoms with E-state index < -0.39 is 28.4 Å². The van der Waals surface area contributed by atoms with E-state index in [4.69, 9.17) is 9.84 Å². The molecule has 2 N–H and O–H groups in total. The molecule has 1 rings (SSSR count). The SMILES string of the molecule is CC(C)NC(COc1ccc([N+](=O)[O-])cc1F)C(=O)O. The number of nitrogens with zero attached hydrogens (tertiary/aromatic N) is 1. The van der Waals surface area contributed by atoms with E-state index in [0.29, 0.717) is 0 Å². The van der Waals surface area contributed by atoms with Crippen LogP contribution >= 0.6 is 0 Å². The normalized spacial score (nSPS) is 12.2. The van der Waals surface area contributed by atoms with Crippen molar-refractivity contribution in [2.45, 2.75) is 25.9 Å². The third-order valence-electron chi connectivity index (χ3n) is 2.36. The van der Waals surface area contributed by atoms with Crippen LogP contribution < -0.4 is 10.1 Å². The summed E-state index contributed by atoms with van der Waals surface area (Å²) in [7, 11) is 0. The maximum absolute atomic E-state index is 13.5. The molecule has 1 aromatic carbocycles. The average molecular weight is 286 g/mol. The number of hydrogen-bond acceptors (Lipinski definition) is 5. The van der Waals surface area contributed by atoms with Crippen molar-refractivity contribution in [3.8, 4) is 5.75 Å². The number of rotatable bonds is 7. The zero-order valence-corrected chi connectivity index (χ0v) is 11.0. The quantitative estimate of drug-likeness (QED) is 0.582. The van der Waals surface area contributed by atoms with Crippen LogP contribution in [0.2, 0.25) is 0 Å². The number of carboxylic acids is 1. The lowest BCUT2D eigenvalue weighted by atomic mass is 10.2. The highest BCUT2D eigenvalue weighted by Crippen LogP contribution is 2.22. The first-order chi connectivity index (χ1) is 9.31. The molecule has 0 heterocycles. The maximum atomic E-state index is 13.5. The van der Waals surface area contributed by atoms with Gasteiger partial charge in [-0.25, -0.2) is 4.39 Å². The summed E-state index contributed by atoms with van der Waals surface area (Å²) in [6.45, 7) is 3.24. The van der Waals surface area contributed by atoms with Crippen LogP contribution in [0.25, 0.3) is 0 Å². The smallest absolute Gasteiger partial charge is 0.324 e. The highest BCUT2D eigenvalue weighted by molar-refractivity contribution is 5.73. The summed E-state index contributed by atoms with van der Waals surface area (Å²) in [5.41, 5.74) is -0.398. The van der Waals surface area contributed by atoms with E-state index in [1.54, 1.807) is 13.8 Å². The van der Waals surface area contributed by atoms with Gasteiger partial charge in [-0.3, -0.25) is 20.2 Å². The number of aliphatic carboxylic acids is 1. The lowest BCUT2D eigenvalue weighted by Gasteiger charge is -2.17. The minimum absolute atomic E-state index is 0.0820. The number of nitro groups is 1. The van der Waals surface area contributed by atoms with Crippen LogP contribution in [0, 0.1) is 15.9 Å². The summed E-state index contributed by atoms with van der Waals surface area (Å²) in [5.74, 6) is -2.26. The van der Waals surface area contributed by atoms with Crippen LogP contribution in [0.4, 0.5) is 10.1 Å². The summed E-state index contributed by atoms with van der Waals surface area (Å²) in [6, 6.07) is 1.83. The topological polar surface area (TPSA) is 102 Å². The summed E-state index contributed by atoms with van der Waals surface area (Å²) in [4.78, 5) is 20.7. The Bertz CT molecular complexity index is 507. The first kappa shape index (κ1) is 15.8. The van der Waals surface area contributed by atoms with Gasteiger partial charge in [0, 0.05) is 12.1 Å². The van der Waals surface area contributed by atoms with Gasteiger partial charge in [-0.15, -0.1) is 0 Å². The van der Waals surface area contributed by atoms with Gasteiger partial charge in [-0.05, 0) is 6.07 Å². The van der Waals surface area contributed by atoms with Crippen molar-refractivity contribution < 1.29 is 24.0 Å². The van der Waals surface area contributed by atoms with Crippen molar-refractivity contribution in [2.75, 3.05) is 6.61 Å². The molecule has 0 spiro atoms. The Balaban J connectivity index is 2.73. The first-order valence-electron chi connectivity index (χ1n) is 5.87. The molecular formula is C12H15FN2O5. The molecular weight excluding hydrogens is 271 g/mol. The molecule has 0 aliphatic rings. The zero-order valence-electron chi connectivity index (χ0n) is 11.0. The van der Waals surface area contributed by atoms with Crippen LogP contribution in [0.15, 0.2) is 18.2 Å². The summed E-state index contributed by atoms with van der Waals surface area (Å²) < 4.78 is 18.6. The van der Waals surface area contributed by atoms with Gasteiger partial charge in [-0.2, -0.15) is 0 Å². The summed E-state index contributed by atoms with van der Waals surface area (Å²) in [5, 5.41) is 22.2. The summed E-state index contributed by atoms with van der Waals surface area (Å²) >= 11 is 0. The predicted molar refractivity (Wildman–Crippen MR) is 68.2 cm³/mol. The Kier molecular flexibility index (Phi) is 5.39. The first-order valence-corrected chi connectivity index (χ1v) is 5.87. The highest BCUT2D eigenvalue weighted by Gasteiger charge is 2.20. The molecule has 0 aliphatic heterocycles. The molecule has 7 nitrogen and oxygen atoms in total. The van der Waals surface area contributed by atoms with Gasteiger partial charge in [0.1, 0.15) is 12.6 Å². The molecule has 0 saturated carbocycles. The fourth-order valence-corrected chi connectivity index (χ4v) is 1.49. The van der Waals surface area contributed by atoms with E-state index in [1.165, 1.54) is 0 Å². The van der Waals surface area contributed by atoms with Crippen molar-refractivity contribution in [3.05, 3.63) is 34.1 Å². The van der Waals surface area contributed by atoms with E-state index in [1.807, 2.05) is 0 Å². The molecule has 20 heavy (non-hydrogen) atoms. The number of halogens is 1. The Morgan fingerprint density at radius 3 is 2.65 bits per heavy atom. The van der Waals surface area contributed by atoms with Gasteiger partial charge in [0.25, 0.3) is 5.69 Å². The average Bonchev–Trinajstić information content (AvgIpc) is 2.34. The van der Waals surface area contributed by atoms with Gasteiger partial charge in [0.2, 0.25) is 0 Å². The van der Waals surface area contributed by atoms with Crippen LogP contribution in [0.5, 0.6) is 5.75 Å². The second-order valence-corrected chi connectivity index (χ2v) is 4.40. The fourth-order valence-electron chi connectivity index (χ4n) is 1.49. The van der Waals surface area contributed by atoms with E-state index in [9.17, 15) is 19.3 Å². The standard InChI is InChI=1S/C12H15FN2O5/c1-7(2)14-10(12(16)17)6-20-11-4-3-8(15(18)19)5-9(11)13/h3-5,7,10,14H,6H2,1-2H3,(H,16,17). The number of benzene rings is 1. The molecule has 0 aliphatic carbocycles. The number of carboxylic acid groups (broad SMARTS) is 1. The number of nitro benzene ring substituents is 1. The van der Waals surface area contributed by atoms with Crippen molar-refractivity contribution in [1.82, 2.24) is 5.32 Å². The van der Waals surface area contributed by atoms with Crippen molar-refractivity contribution in [3.63, 3.8) is 0 Å². The molecule has 1 aromatic rings. The zero-order chi connectivity index (χ0) is 15.3. The maximum Gasteiger partial charge on any atom is 0.324 e. The molecule has 0 fully saturated rings. The van der Waals surface area contributed by atoms with Gasteiger partial charge in [-0.1, -0.05) is 13.8 Å². The third-order valence-corrected chi connectivity index (χ3v) is 2.36. The molecule has 0 amide bonds. The highest BCUT2D eigenvalue weighted by atomic mass is 19.1. The van der Waals surface area contributed by atoms with Gasteiger partial charge in [0.05, 0.1) is 11.0 Å². The molecule has 110 valence electrons. The minimum atomic E-state index is -1.12. The third kappa shape index (κ3) is 4.47. The van der Waals surface area contributed by atoms with Crippen molar-refractivity contribution in [1.29, 1.82) is 0 Å². The number of nitrogens with one attached hydrogen (secondary N) is 1. The Morgan fingerprint density at radius 2 is 2.20 bits per heavy atom. The van der Waals surface area contributed by atoms with Gasteiger partial charge < -0.3 is 9.84 Å².